The SMILES string of the molecule is COc1ccccc1-n1nc(C)c(C(=O)N=C(N)N)n1.Cl.Cl.N=C(N)N. The summed E-state index contributed by atoms with van der Waals surface area (Å²) >= 11 is 0. The van der Waals surface area contributed by atoms with Gasteiger partial charge in [-0.3, -0.25) is 10.2 Å². The Hall–Kier alpha value is -3.05. The van der Waals surface area contributed by atoms with E-state index in [0.29, 0.717) is 17.1 Å². The van der Waals surface area contributed by atoms with Gasteiger partial charge in [0, 0.05) is 0 Å². The molecule has 9 N–H and O–H groups in total. The monoisotopic (exact) mass is 405 g/mol. The molecule has 1 heterocycles. The lowest BCUT2D eigenvalue weighted by Gasteiger charge is -2.05. The number of aromatic nitrogens is 3. The van der Waals surface area contributed by atoms with Crippen molar-refractivity contribution >= 4 is 42.6 Å². The largest absolute Gasteiger partial charge is 0.494 e. The fourth-order valence-electron chi connectivity index (χ4n) is 1.65. The molecule has 0 spiro atoms. The van der Waals surface area contributed by atoms with E-state index in [1.165, 1.54) is 4.80 Å². The molecule has 2 aromatic rings. The van der Waals surface area contributed by atoms with Crippen molar-refractivity contribution in [3.63, 3.8) is 0 Å². The number of methoxy groups -OCH3 is 1. The van der Waals surface area contributed by atoms with Crippen LogP contribution in [0.2, 0.25) is 0 Å². The van der Waals surface area contributed by atoms with E-state index in [2.05, 4.69) is 26.7 Å². The summed E-state index contributed by atoms with van der Waals surface area (Å²) in [4.78, 5) is 16.5. The van der Waals surface area contributed by atoms with Gasteiger partial charge in [-0.2, -0.15) is 10.1 Å². The minimum absolute atomic E-state index is 0. The molecule has 2 rings (SSSR count). The van der Waals surface area contributed by atoms with Crippen molar-refractivity contribution in [1.82, 2.24) is 15.0 Å². The van der Waals surface area contributed by atoms with E-state index in [4.69, 9.17) is 21.6 Å². The number of halogens is 2. The zero-order chi connectivity index (χ0) is 18.3. The van der Waals surface area contributed by atoms with Gasteiger partial charge >= 0.3 is 5.91 Å². The van der Waals surface area contributed by atoms with Gasteiger partial charge in [-0.25, -0.2) is 0 Å². The zero-order valence-corrected chi connectivity index (χ0v) is 15.7. The molecule has 0 fully saturated rings. The second-order valence-electron chi connectivity index (χ2n) is 4.39. The smallest absolute Gasteiger partial charge is 0.302 e. The van der Waals surface area contributed by atoms with Crippen molar-refractivity contribution in [2.75, 3.05) is 7.11 Å². The van der Waals surface area contributed by atoms with E-state index in [1.807, 2.05) is 12.1 Å². The topological polar surface area (TPSA) is 197 Å². The first kappa shape index (κ1) is 25.2. The molecule has 0 saturated carbocycles. The summed E-state index contributed by atoms with van der Waals surface area (Å²) < 4.78 is 5.22. The number of rotatable bonds is 3. The highest BCUT2D eigenvalue weighted by Gasteiger charge is 2.17. The molecule has 0 aliphatic carbocycles. The minimum atomic E-state index is -0.636. The number of carbonyl (C=O) groups is 1. The standard InChI is InChI=1S/C12H14N6O2.CH5N3.2ClH/c1-7-10(11(19)15-12(13)14)17-18(16-7)8-5-3-4-6-9(8)20-2;2-1(3)4;;/h3-6H,1-2H3,(H4,13,14,15,19);(H5,2,3,4);2*1H. The number of para-hydroxylation sites is 2. The normalized spacial score (nSPS) is 8.69. The average Bonchev–Trinajstić information content (AvgIpc) is 2.88. The molecule has 0 aliphatic rings. The first-order chi connectivity index (χ1) is 11.3. The molecule has 0 unspecified atom stereocenters. The van der Waals surface area contributed by atoms with Crippen molar-refractivity contribution in [2.24, 2.45) is 27.9 Å². The lowest BCUT2D eigenvalue weighted by molar-refractivity contribution is 0.0997. The van der Waals surface area contributed by atoms with Gasteiger partial charge in [0.05, 0.1) is 12.8 Å². The van der Waals surface area contributed by atoms with Gasteiger partial charge in [-0.1, -0.05) is 12.1 Å². The van der Waals surface area contributed by atoms with Crippen LogP contribution in [0.15, 0.2) is 29.3 Å². The average molecular weight is 406 g/mol. The van der Waals surface area contributed by atoms with Gasteiger partial charge in [0.1, 0.15) is 11.4 Å². The van der Waals surface area contributed by atoms with Crippen molar-refractivity contribution in [1.29, 1.82) is 5.41 Å². The van der Waals surface area contributed by atoms with Crippen LogP contribution in [0, 0.1) is 12.3 Å². The van der Waals surface area contributed by atoms with E-state index in [1.54, 1.807) is 26.2 Å². The quantitative estimate of drug-likeness (QED) is 0.337. The van der Waals surface area contributed by atoms with Crippen LogP contribution in [0.4, 0.5) is 0 Å². The Labute approximate surface area is 162 Å². The van der Waals surface area contributed by atoms with Crippen LogP contribution < -0.4 is 27.7 Å². The number of aliphatic imine (C=N–C) groups is 1. The summed E-state index contributed by atoms with van der Waals surface area (Å²) in [7, 11) is 1.54. The van der Waals surface area contributed by atoms with Gasteiger partial charge in [0.25, 0.3) is 0 Å². The predicted octanol–water partition coefficient (Wildman–Crippen LogP) is -0.320. The molecule has 0 bridgehead atoms. The van der Waals surface area contributed by atoms with Crippen LogP contribution in [0.25, 0.3) is 5.69 Å². The lowest BCUT2D eigenvalue weighted by Crippen LogP contribution is -2.24. The lowest BCUT2D eigenvalue weighted by atomic mass is 10.3. The maximum absolute atomic E-state index is 11.8. The van der Waals surface area contributed by atoms with Crippen LogP contribution in [-0.4, -0.2) is 39.9 Å². The van der Waals surface area contributed by atoms with Gasteiger partial charge < -0.3 is 27.7 Å². The molecule has 13 heteroatoms. The highest BCUT2D eigenvalue weighted by molar-refractivity contribution is 6.01. The van der Waals surface area contributed by atoms with Crippen LogP contribution in [-0.2, 0) is 0 Å². The Morgan fingerprint density at radius 2 is 1.69 bits per heavy atom. The molecule has 1 aromatic carbocycles. The number of aryl methyl sites for hydroxylation is 1. The summed E-state index contributed by atoms with van der Waals surface area (Å²) in [5, 5.41) is 14.3. The molecule has 0 radical (unpaired) electrons. The number of hydrogen-bond acceptors (Lipinski definition) is 5. The summed E-state index contributed by atoms with van der Waals surface area (Å²) in [6.07, 6.45) is 0. The first-order valence-electron chi connectivity index (χ1n) is 6.57. The number of benzene rings is 1. The Morgan fingerprint density at radius 3 is 2.19 bits per heavy atom. The van der Waals surface area contributed by atoms with Crippen molar-refractivity contribution in [3.05, 3.63) is 35.7 Å². The zero-order valence-electron chi connectivity index (χ0n) is 14.0. The number of nitrogens with zero attached hydrogens (tertiary/aromatic N) is 4. The third-order valence-electron chi connectivity index (χ3n) is 2.52. The van der Waals surface area contributed by atoms with E-state index in [-0.39, 0.29) is 42.4 Å². The second-order valence-corrected chi connectivity index (χ2v) is 4.39. The summed E-state index contributed by atoms with van der Waals surface area (Å²) in [6.45, 7) is 1.65. The molecule has 0 atom stereocenters. The molecule has 0 saturated heterocycles. The number of ether oxygens (including phenoxy) is 1. The first-order valence-corrected chi connectivity index (χ1v) is 6.57. The number of guanidine groups is 2. The summed E-state index contributed by atoms with van der Waals surface area (Å²) in [5.74, 6) is -0.701. The van der Waals surface area contributed by atoms with Crippen molar-refractivity contribution in [3.8, 4) is 11.4 Å². The number of nitrogens with two attached hydrogens (primary N) is 4. The van der Waals surface area contributed by atoms with Gasteiger partial charge in [0.2, 0.25) is 0 Å². The Bertz CT molecular complexity index is 769. The summed E-state index contributed by atoms with van der Waals surface area (Å²) in [6, 6.07) is 7.18. The van der Waals surface area contributed by atoms with Crippen LogP contribution in [0.1, 0.15) is 16.2 Å². The van der Waals surface area contributed by atoms with E-state index in [9.17, 15) is 4.79 Å². The molecule has 0 aliphatic heterocycles. The van der Waals surface area contributed by atoms with Crippen molar-refractivity contribution < 1.29 is 9.53 Å². The molecular weight excluding hydrogens is 385 g/mol. The maximum Gasteiger partial charge on any atom is 0.302 e. The fraction of sp³-hybridized carbons (Fsp3) is 0.154. The second kappa shape index (κ2) is 11.5. The molecule has 11 nitrogen and oxygen atoms in total. The van der Waals surface area contributed by atoms with Crippen LogP contribution in [0.3, 0.4) is 0 Å². The van der Waals surface area contributed by atoms with Crippen molar-refractivity contribution in [2.45, 2.75) is 6.92 Å². The predicted molar refractivity (Wildman–Crippen MR) is 103 cm³/mol. The minimum Gasteiger partial charge on any atom is -0.494 e. The molecule has 1 amide bonds. The van der Waals surface area contributed by atoms with E-state index >= 15 is 0 Å². The molecular formula is C13H21Cl2N9O2. The fourth-order valence-corrected chi connectivity index (χ4v) is 1.65. The molecule has 26 heavy (non-hydrogen) atoms. The van der Waals surface area contributed by atoms with Gasteiger partial charge in [-0.15, -0.1) is 34.7 Å². The number of carbonyl (C=O) groups excluding carboxylic acids is 1. The van der Waals surface area contributed by atoms with E-state index < -0.39 is 5.91 Å². The third kappa shape index (κ3) is 7.23. The highest BCUT2D eigenvalue weighted by Crippen LogP contribution is 2.21. The maximum atomic E-state index is 11.8. The Kier molecular flexibility index (Phi) is 11.1. The van der Waals surface area contributed by atoms with Crippen LogP contribution >= 0.6 is 24.8 Å². The van der Waals surface area contributed by atoms with Crippen LogP contribution in [0.5, 0.6) is 5.75 Å². The highest BCUT2D eigenvalue weighted by atomic mass is 35.5. The number of amides is 1. The molecule has 144 valence electrons. The number of nitrogens with one attached hydrogen (secondary N) is 1. The molecule has 1 aromatic heterocycles. The van der Waals surface area contributed by atoms with Gasteiger partial charge in [0.15, 0.2) is 17.6 Å². The van der Waals surface area contributed by atoms with E-state index in [0.717, 1.165) is 0 Å². The third-order valence-corrected chi connectivity index (χ3v) is 2.52. The Balaban J connectivity index is 0. The van der Waals surface area contributed by atoms with Gasteiger partial charge in [-0.05, 0) is 19.1 Å². The summed E-state index contributed by atoms with van der Waals surface area (Å²) in [5.41, 5.74) is 20.4. The Morgan fingerprint density at radius 1 is 1.15 bits per heavy atom. The number of hydrogen-bond donors (Lipinski definition) is 5.